The van der Waals surface area contributed by atoms with Crippen LogP contribution in [0.2, 0.25) is 0 Å². The maximum Gasteiger partial charge on any atom is 0.335 e. The number of hydrogen-bond acceptors (Lipinski definition) is 5. The van der Waals surface area contributed by atoms with Gasteiger partial charge in [-0.2, -0.15) is 5.10 Å². The van der Waals surface area contributed by atoms with Crippen molar-refractivity contribution in [3.8, 4) is 16.9 Å². The van der Waals surface area contributed by atoms with Crippen molar-refractivity contribution in [1.29, 1.82) is 0 Å². The van der Waals surface area contributed by atoms with Crippen LogP contribution in [0.1, 0.15) is 20.7 Å². The molecule has 2 aromatic carbocycles. The highest BCUT2D eigenvalue weighted by Crippen LogP contribution is 2.21. The molecule has 8 heteroatoms. The number of pyridine rings is 1. The van der Waals surface area contributed by atoms with Gasteiger partial charge in [-0.05, 0) is 42.5 Å². The smallest absolute Gasteiger partial charge is 0.335 e. The fraction of sp³-hybridized carbons (Fsp3) is 0. The zero-order valence-electron chi connectivity index (χ0n) is 15.7. The zero-order chi connectivity index (χ0) is 21.5. The average Bonchev–Trinajstić information content (AvgIpc) is 3.17. The molecule has 4 rings (SSSR count). The van der Waals surface area contributed by atoms with E-state index in [9.17, 15) is 9.59 Å². The highest BCUT2D eigenvalue weighted by Gasteiger charge is 2.08. The van der Waals surface area contributed by atoms with E-state index in [0.29, 0.717) is 5.82 Å². The lowest BCUT2D eigenvalue weighted by atomic mass is 10.1. The van der Waals surface area contributed by atoms with E-state index in [1.54, 1.807) is 17.1 Å². The van der Waals surface area contributed by atoms with Gasteiger partial charge >= 0.3 is 11.9 Å². The van der Waals surface area contributed by atoms with Gasteiger partial charge in [-0.3, -0.25) is 4.98 Å². The molecular weight excluding hydrogens is 384 g/mol. The molecule has 0 aliphatic carbocycles. The van der Waals surface area contributed by atoms with E-state index in [1.165, 1.54) is 18.2 Å². The SMILES string of the molecule is Nc1cc(-c2cccnc2)nn1-c1ccccc1.O=C(O)c1cccc(C(=O)O)c1. The summed E-state index contributed by atoms with van der Waals surface area (Å²) >= 11 is 0. The lowest BCUT2D eigenvalue weighted by molar-refractivity contribution is 0.0696. The highest BCUT2D eigenvalue weighted by atomic mass is 16.4. The maximum absolute atomic E-state index is 10.4. The number of nitrogens with two attached hydrogens (primary N) is 1. The van der Waals surface area contributed by atoms with Crippen LogP contribution in [-0.2, 0) is 0 Å². The van der Waals surface area contributed by atoms with Gasteiger partial charge in [-0.25, -0.2) is 14.3 Å². The van der Waals surface area contributed by atoms with Crippen molar-refractivity contribution in [1.82, 2.24) is 14.8 Å². The first-order chi connectivity index (χ1) is 14.5. The molecule has 30 heavy (non-hydrogen) atoms. The fourth-order valence-corrected chi connectivity index (χ4v) is 2.61. The van der Waals surface area contributed by atoms with Crippen molar-refractivity contribution in [2.75, 3.05) is 5.73 Å². The molecule has 8 nitrogen and oxygen atoms in total. The standard InChI is InChI=1S/C14H12N4.C8H6O4/c15-14-9-13(11-5-4-8-16-10-11)17-18(14)12-6-2-1-3-7-12;9-7(10)5-2-1-3-6(4-5)8(11)12/h1-10H,15H2;1-4H,(H,9,10)(H,11,12). The minimum absolute atomic E-state index is 0.0186. The number of rotatable bonds is 4. The maximum atomic E-state index is 10.4. The number of aromatic carboxylic acids is 2. The van der Waals surface area contributed by atoms with E-state index < -0.39 is 11.9 Å². The quantitative estimate of drug-likeness (QED) is 0.475. The Morgan fingerprint density at radius 3 is 2.07 bits per heavy atom. The molecule has 4 N–H and O–H groups in total. The van der Waals surface area contributed by atoms with Crippen LogP contribution in [0.3, 0.4) is 0 Å². The Balaban J connectivity index is 0.000000187. The Morgan fingerprint density at radius 1 is 0.833 bits per heavy atom. The van der Waals surface area contributed by atoms with Gasteiger partial charge in [0.1, 0.15) is 5.82 Å². The summed E-state index contributed by atoms with van der Waals surface area (Å²) in [6.07, 6.45) is 3.51. The fourth-order valence-electron chi connectivity index (χ4n) is 2.61. The van der Waals surface area contributed by atoms with E-state index in [-0.39, 0.29) is 11.1 Å². The number of aromatic nitrogens is 3. The number of nitrogen functional groups attached to an aromatic ring is 1. The van der Waals surface area contributed by atoms with Crippen molar-refractivity contribution < 1.29 is 19.8 Å². The third kappa shape index (κ3) is 4.87. The van der Waals surface area contributed by atoms with Gasteiger partial charge in [0.05, 0.1) is 22.5 Å². The summed E-state index contributed by atoms with van der Waals surface area (Å²) in [5.74, 6) is -1.64. The summed E-state index contributed by atoms with van der Waals surface area (Å²) in [6.45, 7) is 0. The summed E-state index contributed by atoms with van der Waals surface area (Å²) in [5, 5.41) is 21.5. The van der Waals surface area contributed by atoms with Crippen LogP contribution in [0, 0.1) is 0 Å². The topological polar surface area (TPSA) is 131 Å². The molecule has 0 atom stereocenters. The van der Waals surface area contributed by atoms with E-state index in [2.05, 4.69) is 10.1 Å². The number of carbonyl (C=O) groups is 2. The molecule has 0 spiro atoms. The largest absolute Gasteiger partial charge is 0.478 e. The number of nitrogens with zero attached hydrogens (tertiary/aromatic N) is 3. The van der Waals surface area contributed by atoms with Crippen molar-refractivity contribution in [3.05, 3.63) is 96.3 Å². The Bertz CT molecular complexity index is 1130. The summed E-state index contributed by atoms with van der Waals surface area (Å²) in [6, 6.07) is 20.7. The summed E-state index contributed by atoms with van der Waals surface area (Å²) in [4.78, 5) is 24.8. The second-order valence-corrected chi connectivity index (χ2v) is 6.13. The first-order valence-electron chi connectivity index (χ1n) is 8.83. The van der Waals surface area contributed by atoms with Crippen molar-refractivity contribution >= 4 is 17.8 Å². The second-order valence-electron chi connectivity index (χ2n) is 6.13. The molecule has 0 aliphatic heterocycles. The van der Waals surface area contributed by atoms with Crippen LogP contribution < -0.4 is 5.73 Å². The Kier molecular flexibility index (Phi) is 6.19. The molecule has 2 aromatic heterocycles. The normalized spacial score (nSPS) is 10.0. The number of carboxylic acids is 2. The molecule has 0 unspecified atom stereocenters. The van der Waals surface area contributed by atoms with E-state index in [4.69, 9.17) is 15.9 Å². The third-order valence-corrected chi connectivity index (χ3v) is 4.05. The van der Waals surface area contributed by atoms with Crippen molar-refractivity contribution in [2.45, 2.75) is 0 Å². The van der Waals surface area contributed by atoms with Gasteiger partial charge in [-0.1, -0.05) is 24.3 Å². The number of hydrogen-bond donors (Lipinski definition) is 3. The summed E-state index contributed by atoms with van der Waals surface area (Å²) < 4.78 is 1.72. The molecule has 2 heterocycles. The summed E-state index contributed by atoms with van der Waals surface area (Å²) in [5.41, 5.74) is 8.68. The lowest BCUT2D eigenvalue weighted by Gasteiger charge is -2.02. The molecule has 0 amide bonds. The summed E-state index contributed by atoms with van der Waals surface area (Å²) in [7, 11) is 0. The molecule has 0 saturated heterocycles. The Hall–Kier alpha value is -4.46. The number of para-hydroxylation sites is 1. The lowest BCUT2D eigenvalue weighted by Crippen LogP contribution is -2.01. The molecule has 0 radical (unpaired) electrons. The van der Waals surface area contributed by atoms with Crippen LogP contribution in [0.4, 0.5) is 5.82 Å². The van der Waals surface area contributed by atoms with Gasteiger partial charge in [0, 0.05) is 24.0 Å². The van der Waals surface area contributed by atoms with Crippen LogP contribution >= 0.6 is 0 Å². The number of benzene rings is 2. The van der Waals surface area contributed by atoms with Crippen molar-refractivity contribution in [2.24, 2.45) is 0 Å². The molecule has 150 valence electrons. The minimum atomic E-state index is -1.13. The highest BCUT2D eigenvalue weighted by molar-refractivity contribution is 5.93. The Labute approximate surface area is 171 Å². The third-order valence-electron chi connectivity index (χ3n) is 4.05. The van der Waals surface area contributed by atoms with Gasteiger partial charge < -0.3 is 15.9 Å². The van der Waals surface area contributed by atoms with Gasteiger partial charge in [0.25, 0.3) is 0 Å². The molecule has 0 aliphatic rings. The minimum Gasteiger partial charge on any atom is -0.478 e. The van der Waals surface area contributed by atoms with Gasteiger partial charge in [0.15, 0.2) is 0 Å². The molecule has 4 aromatic rings. The van der Waals surface area contributed by atoms with Gasteiger partial charge in [0.2, 0.25) is 0 Å². The first-order valence-corrected chi connectivity index (χ1v) is 8.83. The van der Waals surface area contributed by atoms with Crippen LogP contribution in [-0.4, -0.2) is 36.9 Å². The zero-order valence-corrected chi connectivity index (χ0v) is 15.7. The number of anilines is 1. The van der Waals surface area contributed by atoms with Crippen LogP contribution in [0.25, 0.3) is 16.9 Å². The van der Waals surface area contributed by atoms with E-state index in [1.807, 2.05) is 48.5 Å². The second kappa shape index (κ2) is 9.16. The predicted octanol–water partition coefficient (Wildman–Crippen LogP) is 3.60. The predicted molar refractivity (Wildman–Crippen MR) is 112 cm³/mol. The average molecular weight is 402 g/mol. The molecular formula is C22H18N4O4. The monoisotopic (exact) mass is 402 g/mol. The Morgan fingerprint density at radius 2 is 1.50 bits per heavy atom. The van der Waals surface area contributed by atoms with Crippen LogP contribution in [0.5, 0.6) is 0 Å². The van der Waals surface area contributed by atoms with Gasteiger partial charge in [-0.15, -0.1) is 0 Å². The molecule has 0 bridgehead atoms. The first kappa shape index (κ1) is 20.3. The van der Waals surface area contributed by atoms with E-state index >= 15 is 0 Å². The number of carboxylic acid groups (broad SMARTS) is 2. The molecule has 0 fully saturated rings. The molecule has 0 saturated carbocycles. The van der Waals surface area contributed by atoms with Crippen molar-refractivity contribution in [3.63, 3.8) is 0 Å². The van der Waals surface area contributed by atoms with E-state index in [0.717, 1.165) is 23.0 Å². The van der Waals surface area contributed by atoms with Crippen LogP contribution in [0.15, 0.2) is 85.2 Å².